The summed E-state index contributed by atoms with van der Waals surface area (Å²) in [7, 11) is 1.59. The number of methoxy groups -OCH3 is 1. The molecule has 7 heteroatoms. The van der Waals surface area contributed by atoms with Gasteiger partial charge in [0.1, 0.15) is 5.75 Å². The van der Waals surface area contributed by atoms with Crippen LogP contribution in [-0.2, 0) is 16.1 Å². The second-order valence-electron chi connectivity index (χ2n) is 5.93. The summed E-state index contributed by atoms with van der Waals surface area (Å²) in [5, 5.41) is 9.89. The summed E-state index contributed by atoms with van der Waals surface area (Å²) >= 11 is 0. The van der Waals surface area contributed by atoms with Gasteiger partial charge in [-0.3, -0.25) is 14.3 Å². The van der Waals surface area contributed by atoms with Crippen LogP contribution in [0.25, 0.3) is 0 Å². The van der Waals surface area contributed by atoms with Gasteiger partial charge >= 0.3 is 0 Å². The molecule has 0 radical (unpaired) electrons. The Morgan fingerprint density at radius 1 is 1.24 bits per heavy atom. The van der Waals surface area contributed by atoms with Crippen molar-refractivity contribution in [3.63, 3.8) is 0 Å². The maximum atomic E-state index is 12.4. The number of carbonyl (C=O) groups excluding carboxylic acids is 2. The van der Waals surface area contributed by atoms with E-state index in [4.69, 9.17) is 4.74 Å². The van der Waals surface area contributed by atoms with Crippen molar-refractivity contribution in [2.24, 2.45) is 0 Å². The highest BCUT2D eigenvalue weighted by atomic mass is 16.5. The van der Waals surface area contributed by atoms with E-state index in [1.54, 1.807) is 18.0 Å². The van der Waals surface area contributed by atoms with Crippen molar-refractivity contribution >= 4 is 11.8 Å². The first-order valence-electron chi connectivity index (χ1n) is 8.15. The van der Waals surface area contributed by atoms with Gasteiger partial charge in [-0.1, -0.05) is 12.1 Å². The number of aromatic nitrogens is 2. The van der Waals surface area contributed by atoms with Gasteiger partial charge in [0.2, 0.25) is 11.8 Å². The maximum Gasteiger partial charge on any atom is 0.222 e. The number of benzene rings is 1. The van der Waals surface area contributed by atoms with Crippen LogP contribution < -0.4 is 15.4 Å². The number of carbonyl (C=O) groups is 2. The molecule has 2 aromatic rings. The van der Waals surface area contributed by atoms with E-state index in [1.807, 2.05) is 43.5 Å². The largest absolute Gasteiger partial charge is 0.497 e. The average Bonchev–Trinajstić information content (AvgIpc) is 3.06. The molecular weight excluding hydrogens is 320 g/mol. The molecule has 0 fully saturated rings. The first kappa shape index (κ1) is 18.5. The van der Waals surface area contributed by atoms with E-state index in [2.05, 4.69) is 15.7 Å². The third-order valence-corrected chi connectivity index (χ3v) is 3.71. The first-order chi connectivity index (χ1) is 12.0. The van der Waals surface area contributed by atoms with Gasteiger partial charge < -0.3 is 15.4 Å². The first-order valence-corrected chi connectivity index (χ1v) is 8.15. The van der Waals surface area contributed by atoms with Crippen LogP contribution in [0, 0.1) is 0 Å². The summed E-state index contributed by atoms with van der Waals surface area (Å²) in [5.74, 6) is 0.412. The van der Waals surface area contributed by atoms with Crippen molar-refractivity contribution in [1.82, 2.24) is 20.4 Å². The van der Waals surface area contributed by atoms with Gasteiger partial charge in [0.25, 0.3) is 0 Å². The Balaban J connectivity index is 1.97. The lowest BCUT2D eigenvalue weighted by atomic mass is 10.0. The summed E-state index contributed by atoms with van der Waals surface area (Å²) < 4.78 is 6.90. The summed E-state index contributed by atoms with van der Waals surface area (Å²) in [4.78, 5) is 23.8. The highest BCUT2D eigenvalue weighted by Gasteiger charge is 2.18. The number of nitrogens with one attached hydrogen (secondary N) is 2. The summed E-state index contributed by atoms with van der Waals surface area (Å²) in [6.45, 7) is 3.95. The molecular formula is C18H24N4O3. The minimum Gasteiger partial charge on any atom is -0.497 e. The van der Waals surface area contributed by atoms with Crippen LogP contribution in [-0.4, -0.2) is 34.7 Å². The van der Waals surface area contributed by atoms with Crippen molar-refractivity contribution in [3.05, 3.63) is 48.3 Å². The van der Waals surface area contributed by atoms with Crippen LogP contribution in [0.15, 0.2) is 42.7 Å². The predicted molar refractivity (Wildman–Crippen MR) is 94.0 cm³/mol. The van der Waals surface area contributed by atoms with E-state index in [1.165, 1.54) is 6.92 Å². The van der Waals surface area contributed by atoms with Crippen molar-refractivity contribution < 1.29 is 14.3 Å². The van der Waals surface area contributed by atoms with E-state index < -0.39 is 0 Å². The van der Waals surface area contributed by atoms with Gasteiger partial charge in [0.15, 0.2) is 0 Å². The predicted octanol–water partition coefficient (Wildman–Crippen LogP) is 1.66. The number of hydrogen-bond acceptors (Lipinski definition) is 4. The van der Waals surface area contributed by atoms with Crippen LogP contribution in [0.4, 0.5) is 0 Å². The Morgan fingerprint density at radius 2 is 1.96 bits per heavy atom. The van der Waals surface area contributed by atoms with E-state index in [0.29, 0.717) is 6.54 Å². The molecule has 0 saturated heterocycles. The zero-order valence-corrected chi connectivity index (χ0v) is 14.7. The smallest absolute Gasteiger partial charge is 0.222 e. The Bertz CT molecular complexity index is 683. The molecule has 0 aliphatic rings. The fraction of sp³-hybridized carbons (Fsp3) is 0.389. The molecule has 1 aromatic heterocycles. The molecule has 1 heterocycles. The number of rotatable bonds is 8. The van der Waals surface area contributed by atoms with Crippen LogP contribution in [0.1, 0.15) is 31.9 Å². The molecule has 0 unspecified atom stereocenters. The fourth-order valence-corrected chi connectivity index (χ4v) is 2.59. The third kappa shape index (κ3) is 5.95. The SMILES string of the molecule is COc1ccc([C@H](CC(=O)N[C@H](C)Cn2cccn2)NC(C)=O)cc1. The fourth-order valence-electron chi connectivity index (χ4n) is 2.59. The van der Waals surface area contributed by atoms with Crippen molar-refractivity contribution in [2.75, 3.05) is 7.11 Å². The highest BCUT2D eigenvalue weighted by Crippen LogP contribution is 2.20. The molecule has 2 N–H and O–H groups in total. The molecule has 0 aliphatic carbocycles. The number of amides is 2. The second-order valence-corrected chi connectivity index (χ2v) is 5.93. The Morgan fingerprint density at radius 3 is 2.52 bits per heavy atom. The minimum atomic E-state index is -0.389. The maximum absolute atomic E-state index is 12.4. The molecule has 0 saturated carbocycles. The molecule has 25 heavy (non-hydrogen) atoms. The standard InChI is InChI=1S/C18H24N4O3/c1-13(12-22-10-4-9-19-22)20-18(24)11-17(21-14(2)23)15-5-7-16(25-3)8-6-15/h4-10,13,17H,11-12H2,1-3H3,(H,20,24)(H,21,23)/t13-,17+/m1/s1. The summed E-state index contributed by atoms with van der Waals surface area (Å²) in [6, 6.07) is 8.69. The van der Waals surface area contributed by atoms with Gasteiger partial charge in [0.05, 0.1) is 26.1 Å². The molecule has 0 spiro atoms. The average molecular weight is 344 g/mol. The molecule has 2 rings (SSSR count). The molecule has 1 aromatic carbocycles. The quantitative estimate of drug-likeness (QED) is 0.763. The summed E-state index contributed by atoms with van der Waals surface area (Å²) in [6.07, 6.45) is 3.71. The van der Waals surface area contributed by atoms with Gasteiger partial charge in [0, 0.05) is 25.4 Å². The summed E-state index contributed by atoms with van der Waals surface area (Å²) in [5.41, 5.74) is 0.853. The zero-order valence-electron chi connectivity index (χ0n) is 14.7. The molecule has 134 valence electrons. The van der Waals surface area contributed by atoms with Gasteiger partial charge in [-0.25, -0.2) is 0 Å². The van der Waals surface area contributed by atoms with Gasteiger partial charge in [-0.05, 0) is 30.7 Å². The van der Waals surface area contributed by atoms with E-state index in [9.17, 15) is 9.59 Å². The topological polar surface area (TPSA) is 85.2 Å². The zero-order chi connectivity index (χ0) is 18.2. The number of nitrogens with zero attached hydrogens (tertiary/aromatic N) is 2. The third-order valence-electron chi connectivity index (χ3n) is 3.71. The monoisotopic (exact) mass is 344 g/mol. The van der Waals surface area contributed by atoms with E-state index in [-0.39, 0.29) is 30.3 Å². The molecule has 2 atom stereocenters. The van der Waals surface area contributed by atoms with Crippen LogP contribution in [0.5, 0.6) is 5.75 Å². The normalized spacial score (nSPS) is 12.9. The van der Waals surface area contributed by atoms with Crippen molar-refractivity contribution in [1.29, 1.82) is 0 Å². The minimum absolute atomic E-state index is 0.0683. The highest BCUT2D eigenvalue weighted by molar-refractivity contribution is 5.79. The van der Waals surface area contributed by atoms with E-state index in [0.717, 1.165) is 11.3 Å². The number of ether oxygens (including phenoxy) is 1. The van der Waals surface area contributed by atoms with E-state index >= 15 is 0 Å². The number of hydrogen-bond donors (Lipinski definition) is 2. The lowest BCUT2D eigenvalue weighted by molar-refractivity contribution is -0.123. The lowest BCUT2D eigenvalue weighted by Gasteiger charge is -2.20. The van der Waals surface area contributed by atoms with Crippen molar-refractivity contribution in [3.8, 4) is 5.75 Å². The van der Waals surface area contributed by atoms with Crippen molar-refractivity contribution in [2.45, 2.75) is 38.9 Å². The Hall–Kier alpha value is -2.83. The Labute approximate surface area is 147 Å². The van der Waals surface area contributed by atoms with Crippen LogP contribution in [0.3, 0.4) is 0 Å². The molecule has 0 bridgehead atoms. The molecule has 2 amide bonds. The Kier molecular flexibility index (Phi) is 6.56. The molecule has 7 nitrogen and oxygen atoms in total. The lowest BCUT2D eigenvalue weighted by Crippen LogP contribution is -2.38. The molecule has 0 aliphatic heterocycles. The van der Waals surface area contributed by atoms with Crippen LogP contribution in [0.2, 0.25) is 0 Å². The second kappa shape index (κ2) is 8.86. The van der Waals surface area contributed by atoms with Gasteiger partial charge in [-0.2, -0.15) is 5.10 Å². The van der Waals surface area contributed by atoms with Crippen LogP contribution >= 0.6 is 0 Å². The van der Waals surface area contributed by atoms with Gasteiger partial charge in [-0.15, -0.1) is 0 Å².